The Morgan fingerprint density at radius 2 is 1.70 bits per heavy atom. The second kappa shape index (κ2) is 7.20. The van der Waals surface area contributed by atoms with Crippen LogP contribution in [0, 0.1) is 11.8 Å². The van der Waals surface area contributed by atoms with Crippen LogP contribution < -0.4 is 5.73 Å². The fourth-order valence-electron chi connectivity index (χ4n) is 3.78. The summed E-state index contributed by atoms with van der Waals surface area (Å²) in [5.74, 6) is -1.41. The number of hydrogen-bond acceptors (Lipinski definition) is 4. The molecule has 0 radical (unpaired) electrons. The van der Waals surface area contributed by atoms with Crippen LogP contribution in [0.25, 0.3) is 0 Å². The number of primary amides is 1. The first-order valence-corrected chi connectivity index (χ1v) is 10.2. The van der Waals surface area contributed by atoms with Crippen molar-refractivity contribution in [3.05, 3.63) is 0 Å². The van der Waals surface area contributed by atoms with E-state index in [0.29, 0.717) is 25.8 Å². The third-order valence-electron chi connectivity index (χ3n) is 5.12. The summed E-state index contributed by atoms with van der Waals surface area (Å²) in [5, 5.41) is -1.40. The molecule has 1 saturated heterocycles. The third kappa shape index (κ3) is 3.87. The molecular formula is C16H28N2O4S. The average Bonchev–Trinajstić information content (AvgIpc) is 2.97. The smallest absolute Gasteiger partial charge is 0.241 e. The van der Waals surface area contributed by atoms with Crippen LogP contribution in [-0.4, -0.2) is 48.7 Å². The minimum absolute atomic E-state index is 0.248. The van der Waals surface area contributed by atoms with Gasteiger partial charge in [-0.1, -0.05) is 33.1 Å². The lowest BCUT2D eigenvalue weighted by Gasteiger charge is -2.31. The number of amides is 2. The Morgan fingerprint density at radius 3 is 2.17 bits per heavy atom. The highest BCUT2D eigenvalue weighted by atomic mass is 32.2. The minimum atomic E-state index is -3.51. The van der Waals surface area contributed by atoms with E-state index < -0.39 is 26.2 Å². The summed E-state index contributed by atoms with van der Waals surface area (Å²) in [6.07, 6.45) is 4.73. The number of carbonyl (C=O) groups excluding carboxylic acids is 2. The lowest BCUT2D eigenvalue weighted by molar-refractivity contribution is -0.130. The van der Waals surface area contributed by atoms with Gasteiger partial charge in [0.15, 0.2) is 9.84 Å². The highest BCUT2D eigenvalue weighted by Gasteiger charge is 2.44. The monoisotopic (exact) mass is 344 g/mol. The molecule has 1 aliphatic carbocycles. The first-order valence-electron chi connectivity index (χ1n) is 8.56. The molecule has 0 bridgehead atoms. The number of nitrogens with two attached hydrogens (primary N) is 1. The van der Waals surface area contributed by atoms with Crippen molar-refractivity contribution < 1.29 is 18.0 Å². The Morgan fingerprint density at radius 1 is 1.09 bits per heavy atom. The fourth-order valence-corrected chi connectivity index (χ4v) is 6.37. The molecule has 2 N–H and O–H groups in total. The summed E-state index contributed by atoms with van der Waals surface area (Å²) in [7, 11) is -3.51. The number of nitrogens with zero attached hydrogens (tertiary/aromatic N) is 1. The summed E-state index contributed by atoms with van der Waals surface area (Å²) in [5.41, 5.74) is 5.30. The van der Waals surface area contributed by atoms with Gasteiger partial charge in [0, 0.05) is 13.1 Å². The van der Waals surface area contributed by atoms with E-state index >= 15 is 0 Å². The van der Waals surface area contributed by atoms with E-state index in [2.05, 4.69) is 0 Å². The van der Waals surface area contributed by atoms with Crippen LogP contribution in [-0.2, 0) is 19.4 Å². The van der Waals surface area contributed by atoms with E-state index in [4.69, 9.17) is 5.73 Å². The first kappa shape index (κ1) is 18.2. The highest BCUT2D eigenvalue weighted by Crippen LogP contribution is 2.30. The van der Waals surface area contributed by atoms with Crippen molar-refractivity contribution in [1.82, 2.24) is 4.90 Å². The van der Waals surface area contributed by atoms with Crippen molar-refractivity contribution in [3.8, 4) is 0 Å². The van der Waals surface area contributed by atoms with Crippen LogP contribution in [0.1, 0.15) is 52.4 Å². The van der Waals surface area contributed by atoms with Crippen LogP contribution in [0.3, 0.4) is 0 Å². The maximum absolute atomic E-state index is 13.0. The molecule has 2 aliphatic rings. The Hall–Kier alpha value is -1.11. The largest absolute Gasteiger partial charge is 0.369 e. The Balaban J connectivity index is 2.17. The van der Waals surface area contributed by atoms with Crippen molar-refractivity contribution >= 4 is 21.7 Å². The van der Waals surface area contributed by atoms with E-state index in [9.17, 15) is 18.0 Å². The quantitative estimate of drug-likeness (QED) is 0.807. The van der Waals surface area contributed by atoms with E-state index in [-0.39, 0.29) is 24.3 Å². The Kier molecular flexibility index (Phi) is 5.70. The molecule has 0 aromatic carbocycles. The van der Waals surface area contributed by atoms with Crippen molar-refractivity contribution in [2.45, 2.75) is 62.9 Å². The number of hydrogen-bond donors (Lipinski definition) is 1. The standard InChI is InChI=1S/C16H28N2O4S/c1-11(2)14(23(21,22)13-6-4-3-5-7-13)16(20)18-9-8-12(10-18)15(17)19/h11-14H,3-10H2,1-2H3,(H2,17,19)/t12-,14-/m1/s1. The Bertz CT molecular complexity index is 552. The van der Waals surface area contributed by atoms with E-state index in [1.807, 2.05) is 0 Å². The predicted octanol–water partition coefficient (Wildman–Crippen LogP) is 1.09. The second-order valence-corrected chi connectivity index (χ2v) is 9.54. The lowest BCUT2D eigenvalue weighted by atomic mass is 10.0. The molecular weight excluding hydrogens is 316 g/mol. The maximum atomic E-state index is 13.0. The summed E-state index contributed by atoms with van der Waals surface area (Å²) in [4.78, 5) is 25.6. The van der Waals surface area contributed by atoms with Gasteiger partial charge in [0.25, 0.3) is 0 Å². The molecule has 0 aromatic rings. The number of rotatable bonds is 5. The van der Waals surface area contributed by atoms with Gasteiger partial charge in [0.2, 0.25) is 11.8 Å². The Labute approximate surface area is 138 Å². The predicted molar refractivity (Wildman–Crippen MR) is 88.3 cm³/mol. The van der Waals surface area contributed by atoms with Gasteiger partial charge in [0.05, 0.1) is 11.2 Å². The van der Waals surface area contributed by atoms with E-state index in [0.717, 1.165) is 19.3 Å². The van der Waals surface area contributed by atoms with E-state index in [1.165, 1.54) is 4.90 Å². The number of likely N-dealkylation sites (tertiary alicyclic amines) is 1. The third-order valence-corrected chi connectivity index (χ3v) is 7.98. The van der Waals surface area contributed by atoms with Gasteiger partial charge in [-0.2, -0.15) is 0 Å². The van der Waals surface area contributed by atoms with Crippen LogP contribution in [0.2, 0.25) is 0 Å². The molecule has 1 heterocycles. The van der Waals surface area contributed by atoms with Crippen LogP contribution in [0.4, 0.5) is 0 Å². The van der Waals surface area contributed by atoms with Gasteiger partial charge in [0.1, 0.15) is 5.25 Å². The molecule has 0 spiro atoms. The van der Waals surface area contributed by atoms with Gasteiger partial charge in [-0.15, -0.1) is 0 Å². The number of sulfone groups is 1. The van der Waals surface area contributed by atoms with Gasteiger partial charge in [-0.05, 0) is 25.2 Å². The molecule has 2 amide bonds. The van der Waals surface area contributed by atoms with Crippen LogP contribution in [0.15, 0.2) is 0 Å². The maximum Gasteiger partial charge on any atom is 0.241 e. The molecule has 6 nitrogen and oxygen atoms in total. The summed E-state index contributed by atoms with van der Waals surface area (Å²) in [6.45, 7) is 4.22. The molecule has 0 unspecified atom stereocenters. The zero-order valence-electron chi connectivity index (χ0n) is 14.0. The molecule has 132 valence electrons. The van der Waals surface area contributed by atoms with Crippen molar-refractivity contribution in [2.75, 3.05) is 13.1 Å². The highest BCUT2D eigenvalue weighted by molar-refractivity contribution is 7.93. The van der Waals surface area contributed by atoms with Gasteiger partial charge in [-0.3, -0.25) is 9.59 Å². The minimum Gasteiger partial charge on any atom is -0.369 e. The molecule has 0 aromatic heterocycles. The normalized spacial score (nSPS) is 24.8. The van der Waals surface area contributed by atoms with Gasteiger partial charge >= 0.3 is 0 Å². The van der Waals surface area contributed by atoms with Crippen molar-refractivity contribution in [2.24, 2.45) is 17.6 Å². The van der Waals surface area contributed by atoms with Gasteiger partial charge < -0.3 is 10.6 Å². The zero-order chi connectivity index (χ0) is 17.2. The molecule has 2 atom stereocenters. The summed E-state index contributed by atoms with van der Waals surface area (Å²) >= 11 is 0. The van der Waals surface area contributed by atoms with Crippen molar-refractivity contribution in [3.63, 3.8) is 0 Å². The van der Waals surface area contributed by atoms with Crippen molar-refractivity contribution in [1.29, 1.82) is 0 Å². The summed E-state index contributed by atoms with van der Waals surface area (Å²) in [6, 6.07) is 0. The lowest BCUT2D eigenvalue weighted by Crippen LogP contribution is -2.48. The van der Waals surface area contributed by atoms with Crippen LogP contribution >= 0.6 is 0 Å². The molecule has 23 heavy (non-hydrogen) atoms. The fraction of sp³-hybridized carbons (Fsp3) is 0.875. The molecule has 2 fully saturated rings. The van der Waals surface area contributed by atoms with Crippen LogP contribution in [0.5, 0.6) is 0 Å². The van der Waals surface area contributed by atoms with Gasteiger partial charge in [-0.25, -0.2) is 8.42 Å². The first-order chi connectivity index (χ1) is 10.7. The molecule has 7 heteroatoms. The SMILES string of the molecule is CC(C)[C@H](C(=O)N1CC[C@@H](C(N)=O)C1)S(=O)(=O)C1CCCCC1. The summed E-state index contributed by atoms with van der Waals surface area (Å²) < 4.78 is 26.0. The van der Waals surface area contributed by atoms with E-state index in [1.54, 1.807) is 13.8 Å². The topological polar surface area (TPSA) is 97.5 Å². The number of carbonyl (C=O) groups is 2. The second-order valence-electron chi connectivity index (χ2n) is 7.19. The average molecular weight is 344 g/mol. The molecule has 1 aliphatic heterocycles. The zero-order valence-corrected chi connectivity index (χ0v) is 14.8. The molecule has 1 saturated carbocycles. The molecule has 2 rings (SSSR count).